The van der Waals surface area contributed by atoms with Crippen molar-refractivity contribution in [2.45, 2.75) is 45.3 Å². The number of pyridine rings is 1. The summed E-state index contributed by atoms with van der Waals surface area (Å²) in [6, 6.07) is 18.4. The van der Waals surface area contributed by atoms with Gasteiger partial charge in [0.25, 0.3) is 5.82 Å². The number of aromatic nitrogens is 1. The first-order chi connectivity index (χ1) is 15.2. The molecule has 2 heterocycles. The van der Waals surface area contributed by atoms with Crippen LogP contribution >= 0.6 is 0 Å². The fraction of sp³-hybridized carbons (Fsp3) is 0.320. The minimum Gasteiger partial charge on any atom is -0.287 e. The molecular formula is C25H28BN2+. The molecule has 1 fully saturated rings. The molecule has 2 nitrogen and oxygen atoms in total. The molecule has 0 amide bonds. The van der Waals surface area contributed by atoms with Gasteiger partial charge in [-0.1, -0.05) is 60.8 Å². The fourth-order valence-corrected chi connectivity index (χ4v) is 4.80. The maximum absolute atomic E-state index is 9.29. The van der Waals surface area contributed by atoms with Crippen molar-refractivity contribution in [2.75, 3.05) is 4.81 Å². The molecule has 0 unspecified atom stereocenters. The van der Waals surface area contributed by atoms with Crippen LogP contribution in [0.5, 0.6) is 0 Å². The van der Waals surface area contributed by atoms with Gasteiger partial charge in [-0.3, -0.25) is 4.81 Å². The van der Waals surface area contributed by atoms with E-state index in [1.165, 1.54) is 0 Å². The highest BCUT2D eigenvalue weighted by Gasteiger charge is 2.37. The van der Waals surface area contributed by atoms with E-state index in [1.54, 1.807) is 0 Å². The van der Waals surface area contributed by atoms with Gasteiger partial charge in [-0.25, -0.2) is 4.57 Å². The third-order valence-corrected chi connectivity index (χ3v) is 6.35. The largest absolute Gasteiger partial charge is 0.405 e. The first-order valence-corrected chi connectivity index (χ1v) is 10.2. The summed E-state index contributed by atoms with van der Waals surface area (Å²) in [5, 5.41) is 1.11. The van der Waals surface area contributed by atoms with E-state index in [0.717, 1.165) is 59.2 Å². The number of hydrogen-bond donors (Lipinski definition) is 0. The van der Waals surface area contributed by atoms with Crippen LogP contribution in [0.25, 0.3) is 17.0 Å². The van der Waals surface area contributed by atoms with Gasteiger partial charge < -0.3 is 0 Å². The van der Waals surface area contributed by atoms with Crippen LogP contribution < -0.4 is 9.38 Å². The Bertz CT molecular complexity index is 1230. The number of rotatable bonds is 2. The number of aryl methyl sites for hydroxylation is 1. The summed E-state index contributed by atoms with van der Waals surface area (Å²) >= 11 is 0. The second-order valence-corrected chi connectivity index (χ2v) is 8.01. The molecule has 0 atom stereocenters. The van der Waals surface area contributed by atoms with Gasteiger partial charge in [0.1, 0.15) is 11.2 Å². The molecule has 0 bridgehead atoms. The van der Waals surface area contributed by atoms with Gasteiger partial charge in [-0.15, -0.1) is 0 Å². The zero-order valence-electron chi connectivity index (χ0n) is 20.6. The summed E-state index contributed by atoms with van der Waals surface area (Å²) in [7, 11) is 2.04. The molecule has 1 aliphatic heterocycles. The van der Waals surface area contributed by atoms with Crippen molar-refractivity contribution in [2.24, 2.45) is 7.05 Å². The van der Waals surface area contributed by atoms with Crippen molar-refractivity contribution >= 4 is 35.3 Å². The normalized spacial score (nSPS) is 20.9. The van der Waals surface area contributed by atoms with E-state index in [4.69, 9.17) is 4.11 Å². The van der Waals surface area contributed by atoms with Crippen LogP contribution in [0.1, 0.15) is 55.0 Å². The number of para-hydroxylation sites is 2. The molecule has 0 spiro atoms. The van der Waals surface area contributed by atoms with Crippen molar-refractivity contribution in [3.05, 3.63) is 71.2 Å². The molecule has 1 aliphatic carbocycles. The van der Waals surface area contributed by atoms with Gasteiger partial charge in [0.2, 0.25) is 0 Å². The van der Waals surface area contributed by atoms with Crippen LogP contribution in [0.4, 0.5) is 11.5 Å². The predicted octanol–water partition coefficient (Wildman–Crippen LogP) is 6.04. The number of fused-ring (bicyclic) bond motifs is 2. The average Bonchev–Trinajstić information content (AvgIpc) is 3.21. The van der Waals surface area contributed by atoms with Gasteiger partial charge in [-0.2, -0.15) is 0 Å². The van der Waals surface area contributed by atoms with E-state index >= 15 is 0 Å². The van der Waals surface area contributed by atoms with Crippen molar-refractivity contribution in [3.8, 4) is 0 Å². The monoisotopic (exact) mass is 371 g/mol. The molecule has 140 valence electrons. The number of allylic oxidation sites excluding steroid dienone is 1. The quantitative estimate of drug-likeness (QED) is 0.394. The highest BCUT2D eigenvalue weighted by Crippen LogP contribution is 2.41. The van der Waals surface area contributed by atoms with Gasteiger partial charge in [0.05, 0.1) is 7.05 Å². The summed E-state index contributed by atoms with van der Waals surface area (Å²) in [5.41, 5.74) is 4.46. The molecule has 3 heteroatoms. The van der Waals surface area contributed by atoms with Gasteiger partial charge in [-0.05, 0) is 50.1 Å². The topological polar surface area (TPSA) is 7.12 Å². The first kappa shape index (κ1) is 13.6. The second-order valence-electron chi connectivity index (χ2n) is 8.01. The Hall–Kier alpha value is -2.55. The molecule has 1 aromatic heterocycles. The summed E-state index contributed by atoms with van der Waals surface area (Å²) < 4.78 is 35.9. The molecule has 2 aliphatic rings. The van der Waals surface area contributed by atoms with E-state index < -0.39 is 12.7 Å². The van der Waals surface area contributed by atoms with Gasteiger partial charge in [0, 0.05) is 22.5 Å². The van der Waals surface area contributed by atoms with Gasteiger partial charge >= 0.3 is 6.85 Å². The Balaban J connectivity index is 1.79. The first-order valence-electron chi connectivity index (χ1n) is 12.2. The lowest BCUT2D eigenvalue weighted by Gasteiger charge is -2.29. The third kappa shape index (κ3) is 2.68. The minimum atomic E-state index is -2.18. The average molecular weight is 371 g/mol. The third-order valence-electron chi connectivity index (χ3n) is 6.35. The van der Waals surface area contributed by atoms with E-state index in [1.807, 2.05) is 50.3 Å². The summed E-state index contributed by atoms with van der Waals surface area (Å²) in [4.78, 5) is 2.14. The molecule has 1 saturated carbocycles. The summed E-state index contributed by atoms with van der Waals surface area (Å²) in [6.45, 7) is -0.538. The Morgan fingerprint density at radius 3 is 2.68 bits per heavy atom. The lowest BCUT2D eigenvalue weighted by Crippen LogP contribution is -2.45. The van der Waals surface area contributed by atoms with E-state index in [0.29, 0.717) is 5.47 Å². The van der Waals surface area contributed by atoms with Crippen molar-refractivity contribution in [1.29, 1.82) is 0 Å². The Kier molecular flexibility index (Phi) is 3.31. The highest BCUT2D eigenvalue weighted by atomic mass is 15.2. The zero-order chi connectivity index (χ0) is 22.7. The van der Waals surface area contributed by atoms with Crippen molar-refractivity contribution < 1.29 is 10.1 Å². The van der Waals surface area contributed by atoms with Crippen LogP contribution in [-0.4, -0.2) is 6.85 Å². The van der Waals surface area contributed by atoms with Crippen LogP contribution in [0.2, 0.25) is 6.82 Å². The van der Waals surface area contributed by atoms with Crippen LogP contribution in [0.3, 0.4) is 0 Å². The Morgan fingerprint density at radius 2 is 1.86 bits per heavy atom. The predicted molar refractivity (Wildman–Crippen MR) is 120 cm³/mol. The number of anilines is 2. The molecule has 3 aromatic rings. The fourth-order valence-electron chi connectivity index (χ4n) is 4.80. The molecule has 5 rings (SSSR count). The Labute approximate surface area is 174 Å². The van der Waals surface area contributed by atoms with E-state index in [9.17, 15) is 1.37 Å². The molecular weight excluding hydrogens is 339 g/mol. The maximum Gasteiger partial charge on any atom is 0.405 e. The lowest BCUT2D eigenvalue weighted by atomic mass is 9.54. The number of benzene rings is 2. The smallest absolute Gasteiger partial charge is 0.287 e. The Morgan fingerprint density at radius 1 is 1.11 bits per heavy atom. The van der Waals surface area contributed by atoms with E-state index in [2.05, 4.69) is 33.6 Å². The van der Waals surface area contributed by atoms with Crippen LogP contribution in [0, 0.1) is 0 Å². The van der Waals surface area contributed by atoms with Crippen molar-refractivity contribution in [1.82, 2.24) is 0 Å². The zero-order valence-corrected chi connectivity index (χ0v) is 16.6. The highest BCUT2D eigenvalue weighted by molar-refractivity contribution is 6.72. The number of nitrogens with zero attached hydrogens (tertiary/aromatic N) is 2. The second kappa shape index (κ2) is 6.81. The molecule has 2 aromatic carbocycles. The lowest BCUT2D eigenvalue weighted by molar-refractivity contribution is -0.631. The standard InChI is InChI=1S/C25H28BN2/c1-18-16-20-12-6-8-14-23(20)28(26(18)2)25-17-22(19-10-4-5-11-19)21-13-7-9-15-24(21)27(25)3/h6-9,12-17,19H,4-5,10-11H2,1-3H3/q+1/i1D3,19D. The maximum atomic E-state index is 9.29. The van der Waals surface area contributed by atoms with Crippen LogP contribution in [-0.2, 0) is 7.05 Å². The molecule has 0 saturated heterocycles. The molecule has 0 radical (unpaired) electrons. The minimum absolute atomic E-state index is 0.331. The number of hydrogen-bond acceptors (Lipinski definition) is 1. The summed E-state index contributed by atoms with van der Waals surface area (Å²) in [6.07, 6.45) is 5.69. The van der Waals surface area contributed by atoms with Crippen molar-refractivity contribution in [3.63, 3.8) is 0 Å². The van der Waals surface area contributed by atoms with Crippen LogP contribution in [0.15, 0.2) is 60.1 Å². The molecule has 28 heavy (non-hydrogen) atoms. The SMILES string of the molecule is [2H]C([2H])([2H])C1=Cc2ccccc2N(c2cc(C3([2H])CCCC3)c3ccccc3[n+]2C)B1C. The summed E-state index contributed by atoms with van der Waals surface area (Å²) in [5.74, 6) is 0.316. The van der Waals surface area contributed by atoms with Gasteiger partial charge in [0.15, 0.2) is 0 Å². The molecule has 0 N–H and O–H groups in total. The van der Waals surface area contributed by atoms with E-state index in [-0.39, 0.29) is 6.85 Å².